The minimum Gasteiger partial charge on any atom is -0.421 e. The lowest BCUT2D eigenvalue weighted by Gasteiger charge is -2.17. The molecule has 1 heterocycles. The van der Waals surface area contributed by atoms with Gasteiger partial charge >= 0.3 is 5.97 Å². The summed E-state index contributed by atoms with van der Waals surface area (Å²) in [6.07, 6.45) is 1.49. The van der Waals surface area contributed by atoms with E-state index in [9.17, 15) is 0 Å². The first-order chi connectivity index (χ1) is 5.49. The SMILES string of the molecule is CC(O)(O)Oc1ncccc1Br. The quantitative estimate of drug-likeness (QED) is 0.745. The molecule has 1 aromatic heterocycles. The molecule has 0 bridgehead atoms. The zero-order valence-corrected chi connectivity index (χ0v) is 7.95. The molecule has 0 saturated heterocycles. The van der Waals surface area contributed by atoms with Crippen LogP contribution >= 0.6 is 15.9 Å². The Kier molecular flexibility index (Phi) is 2.66. The van der Waals surface area contributed by atoms with Crippen molar-refractivity contribution in [2.45, 2.75) is 12.9 Å². The van der Waals surface area contributed by atoms with Crippen molar-refractivity contribution in [3.05, 3.63) is 22.8 Å². The molecule has 0 atom stereocenters. The van der Waals surface area contributed by atoms with E-state index in [1.54, 1.807) is 12.1 Å². The molecule has 0 amide bonds. The van der Waals surface area contributed by atoms with E-state index in [0.29, 0.717) is 4.47 Å². The Morgan fingerprint density at radius 2 is 2.25 bits per heavy atom. The van der Waals surface area contributed by atoms with Gasteiger partial charge in [-0.1, -0.05) is 0 Å². The van der Waals surface area contributed by atoms with Crippen molar-refractivity contribution in [2.75, 3.05) is 0 Å². The van der Waals surface area contributed by atoms with Crippen molar-refractivity contribution in [3.63, 3.8) is 0 Å². The molecule has 0 unspecified atom stereocenters. The predicted octanol–water partition coefficient (Wildman–Crippen LogP) is 0.881. The lowest BCUT2D eigenvalue weighted by Crippen LogP contribution is -2.31. The summed E-state index contributed by atoms with van der Waals surface area (Å²) in [4.78, 5) is 3.77. The van der Waals surface area contributed by atoms with E-state index < -0.39 is 5.97 Å². The maximum absolute atomic E-state index is 8.87. The first-order valence-electron chi connectivity index (χ1n) is 3.23. The average molecular weight is 234 g/mol. The predicted molar refractivity (Wildman–Crippen MR) is 45.4 cm³/mol. The number of rotatable bonds is 2. The summed E-state index contributed by atoms with van der Waals surface area (Å²) in [7, 11) is 0. The van der Waals surface area contributed by atoms with E-state index in [1.807, 2.05) is 0 Å². The van der Waals surface area contributed by atoms with Crippen LogP contribution in [0.2, 0.25) is 0 Å². The molecule has 0 fully saturated rings. The fourth-order valence-corrected chi connectivity index (χ4v) is 0.965. The van der Waals surface area contributed by atoms with Gasteiger partial charge < -0.3 is 14.9 Å². The molecule has 0 aliphatic heterocycles. The lowest BCUT2D eigenvalue weighted by molar-refractivity contribution is -0.279. The minimum absolute atomic E-state index is 0.144. The molecule has 66 valence electrons. The van der Waals surface area contributed by atoms with Crippen LogP contribution in [0.25, 0.3) is 0 Å². The van der Waals surface area contributed by atoms with Crippen LogP contribution in [0.1, 0.15) is 6.92 Å². The fraction of sp³-hybridized carbons (Fsp3) is 0.286. The average Bonchev–Trinajstić information content (AvgIpc) is 1.91. The molecular weight excluding hydrogens is 226 g/mol. The van der Waals surface area contributed by atoms with Crippen LogP contribution in [0.5, 0.6) is 5.88 Å². The van der Waals surface area contributed by atoms with Gasteiger partial charge in [0.15, 0.2) is 0 Å². The van der Waals surface area contributed by atoms with Gasteiger partial charge in [0.25, 0.3) is 0 Å². The largest absolute Gasteiger partial charge is 0.421 e. The van der Waals surface area contributed by atoms with Crippen molar-refractivity contribution in [1.82, 2.24) is 4.98 Å². The van der Waals surface area contributed by atoms with Gasteiger partial charge in [-0.2, -0.15) is 0 Å². The van der Waals surface area contributed by atoms with Crippen LogP contribution in [0, 0.1) is 0 Å². The van der Waals surface area contributed by atoms with Gasteiger partial charge in [0, 0.05) is 13.1 Å². The second kappa shape index (κ2) is 3.38. The highest BCUT2D eigenvalue weighted by Gasteiger charge is 2.19. The van der Waals surface area contributed by atoms with Crippen LogP contribution < -0.4 is 4.74 Å². The molecule has 0 aromatic carbocycles. The van der Waals surface area contributed by atoms with Gasteiger partial charge in [-0.25, -0.2) is 4.98 Å². The van der Waals surface area contributed by atoms with Crippen molar-refractivity contribution in [2.24, 2.45) is 0 Å². The molecule has 4 nitrogen and oxygen atoms in total. The molecule has 2 N–H and O–H groups in total. The summed E-state index contributed by atoms with van der Waals surface area (Å²) in [6.45, 7) is 1.11. The molecule has 1 aromatic rings. The highest BCUT2D eigenvalue weighted by molar-refractivity contribution is 9.10. The smallest absolute Gasteiger partial charge is 0.320 e. The summed E-state index contributed by atoms with van der Waals surface area (Å²) >= 11 is 3.14. The minimum atomic E-state index is -2.20. The van der Waals surface area contributed by atoms with E-state index in [4.69, 9.17) is 10.2 Å². The molecule has 1 rings (SSSR count). The van der Waals surface area contributed by atoms with Crippen molar-refractivity contribution >= 4 is 15.9 Å². The number of hydrogen-bond donors (Lipinski definition) is 2. The standard InChI is InChI=1S/C7H8BrNO3/c1-7(10,11)12-6-5(8)3-2-4-9-6/h2-4,10-11H,1H3. The molecular formula is C7H8BrNO3. The number of hydrogen-bond acceptors (Lipinski definition) is 4. The van der Waals surface area contributed by atoms with Gasteiger partial charge in [-0.05, 0) is 28.1 Å². The van der Waals surface area contributed by atoms with Crippen LogP contribution in [0.3, 0.4) is 0 Å². The molecule has 0 saturated carbocycles. The van der Waals surface area contributed by atoms with Gasteiger partial charge in [0.1, 0.15) is 0 Å². The van der Waals surface area contributed by atoms with Crippen molar-refractivity contribution < 1.29 is 14.9 Å². The maximum Gasteiger partial charge on any atom is 0.320 e. The first-order valence-corrected chi connectivity index (χ1v) is 4.02. The highest BCUT2D eigenvalue weighted by atomic mass is 79.9. The Bertz CT molecular complexity index is 272. The summed E-state index contributed by atoms with van der Waals surface area (Å²) in [5.74, 6) is -2.05. The van der Waals surface area contributed by atoms with Crippen molar-refractivity contribution in [3.8, 4) is 5.88 Å². The monoisotopic (exact) mass is 233 g/mol. The normalized spacial score (nSPS) is 11.3. The summed E-state index contributed by atoms with van der Waals surface area (Å²) in [6, 6.07) is 3.39. The lowest BCUT2D eigenvalue weighted by atomic mass is 10.5. The van der Waals surface area contributed by atoms with Crippen LogP contribution in [0.4, 0.5) is 0 Å². The molecule has 0 aliphatic carbocycles. The van der Waals surface area contributed by atoms with Gasteiger partial charge in [0.2, 0.25) is 5.88 Å². The third-order valence-corrected chi connectivity index (χ3v) is 1.62. The molecule has 0 radical (unpaired) electrons. The topological polar surface area (TPSA) is 62.6 Å². The van der Waals surface area contributed by atoms with E-state index in [1.165, 1.54) is 6.20 Å². The zero-order valence-electron chi connectivity index (χ0n) is 6.36. The molecule has 0 spiro atoms. The molecule has 0 aliphatic rings. The second-order valence-corrected chi connectivity index (χ2v) is 3.18. The number of halogens is 1. The summed E-state index contributed by atoms with van der Waals surface area (Å²) in [5.41, 5.74) is 0. The Morgan fingerprint density at radius 1 is 1.58 bits per heavy atom. The second-order valence-electron chi connectivity index (χ2n) is 2.33. The molecule has 5 heteroatoms. The number of pyridine rings is 1. The van der Waals surface area contributed by atoms with Gasteiger partial charge in [-0.15, -0.1) is 0 Å². The zero-order chi connectivity index (χ0) is 9.19. The van der Waals surface area contributed by atoms with E-state index in [2.05, 4.69) is 25.7 Å². The van der Waals surface area contributed by atoms with Gasteiger partial charge in [-0.3, -0.25) is 0 Å². The Morgan fingerprint density at radius 3 is 2.75 bits per heavy atom. The van der Waals surface area contributed by atoms with Crippen LogP contribution in [0.15, 0.2) is 22.8 Å². The number of aliphatic hydroxyl groups is 2. The summed E-state index contributed by atoms with van der Waals surface area (Å²) < 4.78 is 5.25. The van der Waals surface area contributed by atoms with Crippen LogP contribution in [-0.2, 0) is 0 Å². The third kappa shape index (κ3) is 2.77. The van der Waals surface area contributed by atoms with Crippen molar-refractivity contribution in [1.29, 1.82) is 0 Å². The number of aromatic nitrogens is 1. The highest BCUT2D eigenvalue weighted by Crippen LogP contribution is 2.23. The Hall–Kier alpha value is -0.650. The van der Waals surface area contributed by atoms with E-state index in [0.717, 1.165) is 6.92 Å². The summed E-state index contributed by atoms with van der Waals surface area (Å²) in [5, 5.41) is 17.7. The van der Waals surface area contributed by atoms with Gasteiger partial charge in [0.05, 0.1) is 4.47 Å². The third-order valence-electron chi connectivity index (χ3n) is 1.01. The number of nitrogens with zero attached hydrogens (tertiary/aromatic N) is 1. The maximum atomic E-state index is 8.87. The Balaban J connectivity index is 2.83. The Labute approximate surface area is 78.0 Å². The number of ether oxygens (including phenoxy) is 1. The fourth-order valence-electron chi connectivity index (χ4n) is 0.629. The molecule has 12 heavy (non-hydrogen) atoms. The van der Waals surface area contributed by atoms with E-state index >= 15 is 0 Å². The first kappa shape index (κ1) is 9.44. The van der Waals surface area contributed by atoms with E-state index in [-0.39, 0.29) is 5.88 Å². The van der Waals surface area contributed by atoms with Crippen LogP contribution in [-0.4, -0.2) is 21.2 Å².